The van der Waals surface area contributed by atoms with Gasteiger partial charge in [0.15, 0.2) is 0 Å². The highest BCUT2D eigenvalue weighted by atomic mass is 19.1. The average Bonchev–Trinajstić information content (AvgIpc) is 2.42. The Labute approximate surface area is 107 Å². The summed E-state index contributed by atoms with van der Waals surface area (Å²) in [5, 5.41) is 0. The summed E-state index contributed by atoms with van der Waals surface area (Å²) < 4.78 is 14.3. The van der Waals surface area contributed by atoms with E-state index in [-0.39, 0.29) is 5.82 Å². The summed E-state index contributed by atoms with van der Waals surface area (Å²) in [6.45, 7) is 1.93. The zero-order chi connectivity index (χ0) is 12.8. The lowest BCUT2D eigenvalue weighted by Gasteiger charge is -2.05. The zero-order valence-corrected chi connectivity index (χ0v) is 10.3. The van der Waals surface area contributed by atoms with E-state index < -0.39 is 0 Å². The molecule has 0 unspecified atom stereocenters. The lowest BCUT2D eigenvalue weighted by atomic mass is 10.0. The number of hydrogen-bond donors (Lipinski definition) is 0. The van der Waals surface area contributed by atoms with Gasteiger partial charge in [-0.3, -0.25) is 0 Å². The molecule has 0 spiro atoms. The van der Waals surface area contributed by atoms with Gasteiger partial charge in [-0.05, 0) is 12.5 Å². The van der Waals surface area contributed by atoms with Crippen LogP contribution in [0, 0.1) is 5.82 Å². The van der Waals surface area contributed by atoms with Gasteiger partial charge in [-0.2, -0.15) is 0 Å². The van der Waals surface area contributed by atoms with Crippen molar-refractivity contribution in [2.45, 2.75) is 6.92 Å². The van der Waals surface area contributed by atoms with Crippen molar-refractivity contribution >= 4 is 6.08 Å². The van der Waals surface area contributed by atoms with Gasteiger partial charge in [-0.25, -0.2) is 4.39 Å². The number of hydrogen-bond acceptors (Lipinski definition) is 0. The third-order valence-electron chi connectivity index (χ3n) is 2.69. The molecule has 1 heteroatoms. The maximum Gasteiger partial charge on any atom is 0.138 e. The van der Waals surface area contributed by atoms with Gasteiger partial charge < -0.3 is 0 Å². The van der Waals surface area contributed by atoms with Gasteiger partial charge in [0.05, 0.1) is 0 Å². The molecule has 0 radical (unpaired) electrons. The predicted octanol–water partition coefficient (Wildman–Crippen LogP) is 5.08. The summed E-state index contributed by atoms with van der Waals surface area (Å²) in [7, 11) is 0. The first-order valence-corrected chi connectivity index (χ1v) is 5.96. The fourth-order valence-corrected chi connectivity index (χ4v) is 1.79. The molecule has 0 aliphatic carbocycles. The highest BCUT2D eigenvalue weighted by molar-refractivity contribution is 5.68. The quantitative estimate of drug-likeness (QED) is 0.654. The van der Waals surface area contributed by atoms with E-state index >= 15 is 0 Å². The van der Waals surface area contributed by atoms with E-state index in [2.05, 4.69) is 0 Å². The summed E-state index contributed by atoms with van der Waals surface area (Å²) >= 11 is 0. The molecule has 0 saturated heterocycles. The Bertz CT molecular complexity index is 565. The topological polar surface area (TPSA) is 0 Å². The number of rotatable bonds is 3. The van der Waals surface area contributed by atoms with Crippen molar-refractivity contribution in [1.82, 2.24) is 0 Å². The van der Waals surface area contributed by atoms with Crippen molar-refractivity contribution in [2.75, 3.05) is 0 Å². The maximum absolute atomic E-state index is 14.3. The molecule has 2 aromatic rings. The van der Waals surface area contributed by atoms with Crippen molar-refractivity contribution in [3.63, 3.8) is 0 Å². The summed E-state index contributed by atoms with van der Waals surface area (Å²) in [4.78, 5) is 0. The second-order valence-corrected chi connectivity index (χ2v) is 3.96. The van der Waals surface area contributed by atoms with E-state index in [9.17, 15) is 4.39 Å². The molecule has 0 N–H and O–H groups in total. The van der Waals surface area contributed by atoms with E-state index in [1.165, 1.54) is 0 Å². The van der Waals surface area contributed by atoms with Crippen LogP contribution >= 0.6 is 0 Å². The first-order valence-electron chi connectivity index (χ1n) is 5.96. The lowest BCUT2D eigenvalue weighted by Crippen LogP contribution is -1.87. The van der Waals surface area contributed by atoms with Gasteiger partial charge in [0.1, 0.15) is 5.82 Å². The first-order chi connectivity index (χ1) is 8.83. The molecule has 0 fully saturated rings. The van der Waals surface area contributed by atoms with Crippen LogP contribution in [0.4, 0.5) is 4.39 Å². The van der Waals surface area contributed by atoms with Gasteiger partial charge in [-0.15, -0.1) is 0 Å². The zero-order valence-electron chi connectivity index (χ0n) is 10.3. The molecule has 90 valence electrons. The minimum atomic E-state index is -0.176. The molecule has 0 aliphatic rings. The molecular formula is C17H15F. The second kappa shape index (κ2) is 5.97. The van der Waals surface area contributed by atoms with Gasteiger partial charge in [0, 0.05) is 11.1 Å². The Balaban J connectivity index is 2.42. The van der Waals surface area contributed by atoms with E-state index in [4.69, 9.17) is 0 Å². The largest absolute Gasteiger partial charge is 0.206 e. The van der Waals surface area contributed by atoms with Gasteiger partial charge in [0.25, 0.3) is 0 Å². The highest BCUT2D eigenvalue weighted by Gasteiger charge is 2.06. The monoisotopic (exact) mass is 238 g/mol. The van der Waals surface area contributed by atoms with Crippen molar-refractivity contribution in [2.24, 2.45) is 0 Å². The van der Waals surface area contributed by atoms with E-state index in [1.807, 2.05) is 61.5 Å². The minimum Gasteiger partial charge on any atom is -0.206 e. The molecule has 18 heavy (non-hydrogen) atoms. The Morgan fingerprint density at radius 3 is 2.39 bits per heavy atom. The van der Waals surface area contributed by atoms with Crippen LogP contribution in [0.3, 0.4) is 0 Å². The molecule has 0 nitrogen and oxygen atoms in total. The number of allylic oxidation sites excluding steroid dienone is 3. The van der Waals surface area contributed by atoms with Gasteiger partial charge >= 0.3 is 0 Å². The molecule has 0 bridgehead atoms. The second-order valence-electron chi connectivity index (χ2n) is 3.96. The van der Waals surface area contributed by atoms with Crippen LogP contribution < -0.4 is 0 Å². The lowest BCUT2D eigenvalue weighted by molar-refractivity contribution is 0.628. The third kappa shape index (κ3) is 2.75. The Hall–Kier alpha value is -2.15. The number of halogens is 1. The van der Waals surface area contributed by atoms with E-state index in [0.717, 1.165) is 5.56 Å². The smallest absolute Gasteiger partial charge is 0.138 e. The maximum atomic E-state index is 14.3. The number of benzene rings is 2. The Kier molecular flexibility index (Phi) is 4.08. The average molecular weight is 238 g/mol. The molecule has 0 aliphatic heterocycles. The van der Waals surface area contributed by atoms with Crippen LogP contribution in [0.1, 0.15) is 12.5 Å². The van der Waals surface area contributed by atoms with Crippen LogP contribution in [0.2, 0.25) is 0 Å². The predicted molar refractivity (Wildman–Crippen MR) is 75.7 cm³/mol. The molecule has 0 aromatic heterocycles. The van der Waals surface area contributed by atoms with E-state index in [0.29, 0.717) is 11.1 Å². The fraction of sp³-hybridized carbons (Fsp3) is 0.0588. The summed E-state index contributed by atoms with van der Waals surface area (Å²) in [6.07, 6.45) is 7.42. The molecule has 0 heterocycles. The first kappa shape index (κ1) is 12.3. The third-order valence-corrected chi connectivity index (χ3v) is 2.69. The van der Waals surface area contributed by atoms with Crippen molar-refractivity contribution in [3.8, 4) is 11.1 Å². The molecule has 0 atom stereocenters. The summed E-state index contributed by atoms with van der Waals surface area (Å²) in [5.74, 6) is -0.176. The normalized spacial score (nSPS) is 11.4. The molecular weight excluding hydrogens is 223 g/mol. The highest BCUT2D eigenvalue weighted by Crippen LogP contribution is 2.25. The Morgan fingerprint density at radius 1 is 0.889 bits per heavy atom. The van der Waals surface area contributed by atoms with Gasteiger partial charge in [-0.1, -0.05) is 72.8 Å². The molecule has 2 rings (SSSR count). The Morgan fingerprint density at radius 2 is 1.67 bits per heavy atom. The van der Waals surface area contributed by atoms with Crippen LogP contribution in [0.15, 0.2) is 66.8 Å². The van der Waals surface area contributed by atoms with Crippen LogP contribution in [-0.2, 0) is 0 Å². The fourth-order valence-electron chi connectivity index (χ4n) is 1.79. The SMILES string of the molecule is C/C=C/C=C/c1cccc(-c2ccccc2)c1F. The van der Waals surface area contributed by atoms with Crippen molar-refractivity contribution in [3.05, 3.63) is 78.1 Å². The van der Waals surface area contributed by atoms with Crippen LogP contribution in [-0.4, -0.2) is 0 Å². The molecule has 0 amide bonds. The van der Waals surface area contributed by atoms with Crippen molar-refractivity contribution in [1.29, 1.82) is 0 Å². The standard InChI is InChI=1S/C17H15F/c1-2-3-5-11-15-12-8-13-16(17(15)18)14-9-6-4-7-10-14/h2-13H,1H3/b3-2+,11-5+. The van der Waals surface area contributed by atoms with Crippen LogP contribution in [0.5, 0.6) is 0 Å². The van der Waals surface area contributed by atoms with Gasteiger partial charge in [0.2, 0.25) is 0 Å². The molecule has 2 aromatic carbocycles. The van der Waals surface area contributed by atoms with E-state index in [1.54, 1.807) is 18.2 Å². The minimum absolute atomic E-state index is 0.176. The summed E-state index contributed by atoms with van der Waals surface area (Å²) in [5.41, 5.74) is 2.14. The van der Waals surface area contributed by atoms with Crippen molar-refractivity contribution < 1.29 is 4.39 Å². The summed E-state index contributed by atoms with van der Waals surface area (Å²) in [6, 6.07) is 15.0. The molecule has 0 saturated carbocycles. The van der Waals surface area contributed by atoms with Crippen LogP contribution in [0.25, 0.3) is 17.2 Å².